The maximum atomic E-state index is 12.1. The van der Waals surface area contributed by atoms with Crippen molar-refractivity contribution in [2.45, 2.75) is 39.2 Å². The molecule has 0 bridgehead atoms. The Balaban J connectivity index is 1.91. The van der Waals surface area contributed by atoms with Crippen molar-refractivity contribution >= 4 is 11.9 Å². The Kier molecular flexibility index (Phi) is 4.42. The molecule has 2 unspecified atom stereocenters. The Labute approximate surface area is 119 Å². The third-order valence-electron chi connectivity index (χ3n) is 3.77. The summed E-state index contributed by atoms with van der Waals surface area (Å²) in [6, 6.07) is 7.33. The zero-order valence-electron chi connectivity index (χ0n) is 11.9. The van der Waals surface area contributed by atoms with Crippen LogP contribution in [0.4, 0.5) is 0 Å². The number of carbonyl (C=O) groups excluding carboxylic acids is 1. The van der Waals surface area contributed by atoms with Crippen molar-refractivity contribution in [1.82, 2.24) is 5.32 Å². The average Bonchev–Trinajstić information content (AvgIpc) is 3.22. The van der Waals surface area contributed by atoms with Crippen molar-refractivity contribution < 1.29 is 14.7 Å². The van der Waals surface area contributed by atoms with E-state index in [9.17, 15) is 9.59 Å². The predicted octanol–water partition coefficient (Wildman–Crippen LogP) is 2.15. The van der Waals surface area contributed by atoms with Crippen molar-refractivity contribution in [2.24, 2.45) is 11.8 Å². The summed E-state index contributed by atoms with van der Waals surface area (Å²) in [4.78, 5) is 23.2. The molecule has 0 aliphatic heterocycles. The zero-order chi connectivity index (χ0) is 14.7. The number of aryl methyl sites for hydroxylation is 1. The molecule has 1 aliphatic rings. The molecule has 0 radical (unpaired) electrons. The molecule has 1 amide bonds. The minimum atomic E-state index is -0.927. The molecule has 0 heterocycles. The van der Waals surface area contributed by atoms with E-state index in [1.165, 1.54) is 5.56 Å². The highest BCUT2D eigenvalue weighted by Crippen LogP contribution is 2.32. The summed E-state index contributed by atoms with van der Waals surface area (Å²) < 4.78 is 0. The molecule has 20 heavy (non-hydrogen) atoms. The molecule has 1 aromatic carbocycles. The van der Waals surface area contributed by atoms with Gasteiger partial charge >= 0.3 is 5.97 Å². The lowest BCUT2D eigenvalue weighted by atomic mass is 9.99. The summed E-state index contributed by atoms with van der Waals surface area (Å²) >= 11 is 0. The SMILES string of the molecule is Cc1ccc(CC(C)C(=O)NC(C(=O)O)C2CC2)cc1. The first-order chi connectivity index (χ1) is 9.47. The predicted molar refractivity (Wildman–Crippen MR) is 76.3 cm³/mol. The number of hydrogen-bond donors (Lipinski definition) is 2. The van der Waals surface area contributed by atoms with Crippen molar-refractivity contribution in [1.29, 1.82) is 0 Å². The zero-order valence-corrected chi connectivity index (χ0v) is 11.9. The molecule has 1 aromatic rings. The normalized spacial score (nSPS) is 17.3. The lowest BCUT2D eigenvalue weighted by Crippen LogP contribution is -2.44. The molecular formula is C16H21NO3. The fourth-order valence-electron chi connectivity index (χ4n) is 2.28. The van der Waals surface area contributed by atoms with Crippen LogP contribution in [0.5, 0.6) is 0 Å². The van der Waals surface area contributed by atoms with Gasteiger partial charge in [0.25, 0.3) is 0 Å². The molecule has 0 saturated heterocycles. The minimum Gasteiger partial charge on any atom is -0.480 e. The van der Waals surface area contributed by atoms with Crippen LogP contribution in [-0.4, -0.2) is 23.0 Å². The van der Waals surface area contributed by atoms with E-state index in [1.807, 2.05) is 38.1 Å². The third-order valence-corrected chi connectivity index (χ3v) is 3.77. The van der Waals surface area contributed by atoms with Gasteiger partial charge in [-0.15, -0.1) is 0 Å². The summed E-state index contributed by atoms with van der Waals surface area (Å²) in [7, 11) is 0. The Morgan fingerprint density at radius 3 is 2.40 bits per heavy atom. The van der Waals surface area contributed by atoms with Gasteiger partial charge < -0.3 is 10.4 Å². The fourth-order valence-corrected chi connectivity index (χ4v) is 2.28. The second-order valence-corrected chi connectivity index (χ2v) is 5.75. The monoisotopic (exact) mass is 275 g/mol. The van der Waals surface area contributed by atoms with Gasteiger partial charge in [-0.05, 0) is 37.7 Å². The van der Waals surface area contributed by atoms with E-state index in [0.29, 0.717) is 6.42 Å². The van der Waals surface area contributed by atoms with Crippen LogP contribution in [0.1, 0.15) is 30.9 Å². The Morgan fingerprint density at radius 1 is 1.30 bits per heavy atom. The highest BCUT2D eigenvalue weighted by molar-refractivity contribution is 5.85. The van der Waals surface area contributed by atoms with E-state index in [2.05, 4.69) is 5.32 Å². The van der Waals surface area contributed by atoms with E-state index in [4.69, 9.17) is 5.11 Å². The largest absolute Gasteiger partial charge is 0.480 e. The topological polar surface area (TPSA) is 66.4 Å². The van der Waals surface area contributed by atoms with Crippen LogP contribution in [0.2, 0.25) is 0 Å². The number of rotatable bonds is 6. The van der Waals surface area contributed by atoms with Gasteiger partial charge in [-0.2, -0.15) is 0 Å². The molecule has 4 nitrogen and oxygen atoms in total. The molecule has 4 heteroatoms. The molecular weight excluding hydrogens is 254 g/mol. The molecule has 1 aliphatic carbocycles. The Hall–Kier alpha value is -1.84. The van der Waals surface area contributed by atoms with Gasteiger partial charge in [-0.25, -0.2) is 4.79 Å². The van der Waals surface area contributed by atoms with Gasteiger partial charge in [0.2, 0.25) is 5.91 Å². The van der Waals surface area contributed by atoms with E-state index in [1.54, 1.807) is 0 Å². The van der Waals surface area contributed by atoms with Crippen LogP contribution in [0.15, 0.2) is 24.3 Å². The van der Waals surface area contributed by atoms with E-state index in [-0.39, 0.29) is 17.7 Å². The number of hydrogen-bond acceptors (Lipinski definition) is 2. The highest BCUT2D eigenvalue weighted by Gasteiger charge is 2.37. The number of nitrogens with one attached hydrogen (secondary N) is 1. The molecule has 0 spiro atoms. The van der Waals surface area contributed by atoms with Gasteiger partial charge in [0.1, 0.15) is 6.04 Å². The number of carboxylic acids is 1. The van der Waals surface area contributed by atoms with Gasteiger partial charge in [-0.1, -0.05) is 36.8 Å². The second kappa shape index (κ2) is 6.07. The quantitative estimate of drug-likeness (QED) is 0.836. The van der Waals surface area contributed by atoms with Crippen LogP contribution in [0.25, 0.3) is 0 Å². The summed E-state index contributed by atoms with van der Waals surface area (Å²) in [5.74, 6) is -1.21. The number of carbonyl (C=O) groups is 2. The second-order valence-electron chi connectivity index (χ2n) is 5.75. The number of benzene rings is 1. The summed E-state index contributed by atoms with van der Waals surface area (Å²) in [6.07, 6.45) is 2.41. The third kappa shape index (κ3) is 3.83. The number of carboxylic acid groups (broad SMARTS) is 1. The first-order valence-electron chi connectivity index (χ1n) is 7.06. The van der Waals surface area contributed by atoms with Crippen LogP contribution in [0.3, 0.4) is 0 Å². The van der Waals surface area contributed by atoms with Crippen molar-refractivity contribution in [2.75, 3.05) is 0 Å². The first-order valence-corrected chi connectivity index (χ1v) is 7.06. The van der Waals surface area contributed by atoms with Gasteiger partial charge in [0.15, 0.2) is 0 Å². The number of amides is 1. The first kappa shape index (κ1) is 14.6. The van der Waals surface area contributed by atoms with E-state index < -0.39 is 12.0 Å². The Bertz CT molecular complexity index is 491. The van der Waals surface area contributed by atoms with E-state index in [0.717, 1.165) is 18.4 Å². The average molecular weight is 275 g/mol. The standard InChI is InChI=1S/C16H21NO3/c1-10-3-5-12(6-4-10)9-11(2)15(18)17-14(16(19)20)13-7-8-13/h3-6,11,13-14H,7-9H2,1-2H3,(H,17,18)(H,19,20). The van der Waals surface area contributed by atoms with Crippen molar-refractivity contribution in [3.8, 4) is 0 Å². The van der Waals surface area contributed by atoms with Crippen LogP contribution in [-0.2, 0) is 16.0 Å². The van der Waals surface area contributed by atoms with E-state index >= 15 is 0 Å². The lowest BCUT2D eigenvalue weighted by molar-refractivity contribution is -0.143. The fraction of sp³-hybridized carbons (Fsp3) is 0.500. The number of aliphatic carboxylic acids is 1. The van der Waals surface area contributed by atoms with Gasteiger partial charge in [-0.3, -0.25) is 4.79 Å². The summed E-state index contributed by atoms with van der Waals surface area (Å²) in [5.41, 5.74) is 2.28. The maximum absolute atomic E-state index is 12.1. The molecule has 1 fully saturated rings. The summed E-state index contributed by atoms with van der Waals surface area (Å²) in [5, 5.41) is 11.8. The minimum absolute atomic E-state index is 0.114. The molecule has 2 N–H and O–H groups in total. The smallest absolute Gasteiger partial charge is 0.326 e. The molecule has 1 saturated carbocycles. The van der Waals surface area contributed by atoms with Gasteiger partial charge in [0, 0.05) is 5.92 Å². The van der Waals surface area contributed by atoms with Crippen LogP contribution < -0.4 is 5.32 Å². The Morgan fingerprint density at radius 2 is 1.90 bits per heavy atom. The molecule has 2 rings (SSSR count). The van der Waals surface area contributed by atoms with Gasteiger partial charge in [0.05, 0.1) is 0 Å². The van der Waals surface area contributed by atoms with Crippen molar-refractivity contribution in [3.63, 3.8) is 0 Å². The highest BCUT2D eigenvalue weighted by atomic mass is 16.4. The molecule has 2 atom stereocenters. The summed E-state index contributed by atoms with van der Waals surface area (Å²) in [6.45, 7) is 3.86. The van der Waals surface area contributed by atoms with Crippen LogP contribution in [0, 0.1) is 18.8 Å². The maximum Gasteiger partial charge on any atom is 0.326 e. The van der Waals surface area contributed by atoms with Crippen molar-refractivity contribution in [3.05, 3.63) is 35.4 Å². The molecule has 0 aromatic heterocycles. The molecule has 108 valence electrons. The lowest BCUT2D eigenvalue weighted by Gasteiger charge is -2.17. The van der Waals surface area contributed by atoms with Crippen LogP contribution >= 0.6 is 0 Å².